The molecule has 0 aliphatic rings. The molecule has 4 nitrogen and oxygen atoms in total. The van der Waals surface area contributed by atoms with E-state index in [0.29, 0.717) is 29.1 Å². The third-order valence-corrected chi connectivity index (χ3v) is 3.09. The average molecular weight is 302 g/mol. The van der Waals surface area contributed by atoms with Crippen molar-refractivity contribution >= 4 is 11.6 Å². The van der Waals surface area contributed by atoms with E-state index in [0.717, 1.165) is 6.42 Å². The zero-order valence-corrected chi connectivity index (χ0v) is 12.4. The Labute approximate surface area is 129 Å². The molecule has 22 heavy (non-hydrogen) atoms. The molecule has 5 heteroatoms. The number of nitrogens with one attached hydrogen (secondary N) is 1. The van der Waals surface area contributed by atoms with E-state index in [4.69, 9.17) is 10.5 Å². The molecule has 0 unspecified atom stereocenters. The number of ether oxygens (including phenoxy) is 1. The van der Waals surface area contributed by atoms with Gasteiger partial charge in [0.1, 0.15) is 18.2 Å². The van der Waals surface area contributed by atoms with Crippen LogP contribution >= 0.6 is 0 Å². The second-order valence-corrected chi connectivity index (χ2v) is 4.93. The molecule has 0 radical (unpaired) electrons. The average Bonchev–Trinajstić information content (AvgIpc) is 2.51. The molecule has 0 atom stereocenters. The number of carbonyl (C=O) groups is 1. The van der Waals surface area contributed by atoms with Crippen LogP contribution in [-0.4, -0.2) is 12.5 Å². The highest BCUT2D eigenvalue weighted by Gasteiger charge is 2.08. The minimum Gasteiger partial charge on any atom is -0.487 e. The molecule has 116 valence electrons. The predicted molar refractivity (Wildman–Crippen MR) is 84.2 cm³/mol. The molecule has 0 bridgehead atoms. The number of rotatable bonds is 6. The van der Waals surface area contributed by atoms with E-state index in [2.05, 4.69) is 5.32 Å². The number of amides is 1. The number of nitrogen functional groups attached to an aromatic ring is 1. The molecule has 2 aromatic rings. The lowest BCUT2D eigenvalue weighted by Crippen LogP contribution is -2.24. The first-order valence-electron chi connectivity index (χ1n) is 7.15. The summed E-state index contributed by atoms with van der Waals surface area (Å²) in [5, 5.41) is 2.78. The van der Waals surface area contributed by atoms with Crippen molar-refractivity contribution in [3.8, 4) is 5.75 Å². The lowest BCUT2D eigenvalue weighted by Gasteiger charge is -2.11. The molecule has 0 fully saturated rings. The van der Waals surface area contributed by atoms with Crippen LogP contribution in [0, 0.1) is 5.82 Å². The van der Waals surface area contributed by atoms with Crippen molar-refractivity contribution in [2.75, 3.05) is 12.3 Å². The Kier molecular flexibility index (Phi) is 5.36. The zero-order valence-electron chi connectivity index (χ0n) is 12.4. The Hall–Kier alpha value is -2.56. The van der Waals surface area contributed by atoms with Crippen molar-refractivity contribution in [2.24, 2.45) is 0 Å². The third-order valence-electron chi connectivity index (χ3n) is 3.09. The minimum absolute atomic E-state index is 0.162. The summed E-state index contributed by atoms with van der Waals surface area (Å²) in [6.45, 7) is 2.82. The lowest BCUT2D eigenvalue weighted by molar-refractivity contribution is 0.0953. The van der Waals surface area contributed by atoms with Gasteiger partial charge in [-0.15, -0.1) is 0 Å². The Bertz CT molecular complexity index is 659. The molecular formula is C17H19FN2O2. The van der Waals surface area contributed by atoms with Crippen molar-refractivity contribution in [1.29, 1.82) is 0 Å². The highest BCUT2D eigenvalue weighted by molar-refractivity contribution is 5.95. The van der Waals surface area contributed by atoms with E-state index < -0.39 is 0 Å². The first-order chi connectivity index (χ1) is 10.6. The summed E-state index contributed by atoms with van der Waals surface area (Å²) in [5.74, 6) is -0.00134. The van der Waals surface area contributed by atoms with Gasteiger partial charge in [-0.05, 0) is 42.3 Å². The number of nitrogens with two attached hydrogens (primary N) is 1. The molecule has 1 amide bonds. The van der Waals surface area contributed by atoms with Crippen LogP contribution in [0.15, 0.2) is 42.5 Å². The fourth-order valence-corrected chi connectivity index (χ4v) is 1.95. The molecule has 3 N–H and O–H groups in total. The lowest BCUT2D eigenvalue weighted by atomic mass is 10.1. The smallest absolute Gasteiger partial charge is 0.251 e. The molecule has 0 spiro atoms. The third kappa shape index (κ3) is 4.22. The van der Waals surface area contributed by atoms with E-state index in [1.54, 1.807) is 30.3 Å². The maximum absolute atomic E-state index is 13.1. The first-order valence-corrected chi connectivity index (χ1v) is 7.15. The molecule has 2 rings (SSSR count). The van der Waals surface area contributed by atoms with Crippen LogP contribution in [0.25, 0.3) is 0 Å². The largest absolute Gasteiger partial charge is 0.487 e. The molecule has 0 aliphatic heterocycles. The van der Waals surface area contributed by atoms with Crippen LogP contribution in [0.4, 0.5) is 10.1 Å². The normalized spacial score (nSPS) is 10.3. The first kappa shape index (κ1) is 15.8. The highest BCUT2D eigenvalue weighted by Crippen LogP contribution is 2.23. The van der Waals surface area contributed by atoms with Crippen LogP contribution in [0.5, 0.6) is 5.75 Å². The van der Waals surface area contributed by atoms with E-state index in [1.807, 2.05) is 6.92 Å². The van der Waals surface area contributed by atoms with Crippen molar-refractivity contribution in [3.63, 3.8) is 0 Å². The van der Waals surface area contributed by atoms with E-state index in [9.17, 15) is 9.18 Å². The van der Waals surface area contributed by atoms with E-state index in [1.165, 1.54) is 12.1 Å². The van der Waals surface area contributed by atoms with Gasteiger partial charge in [0.05, 0.1) is 5.69 Å². The quantitative estimate of drug-likeness (QED) is 0.806. The number of anilines is 1. The molecule has 0 saturated heterocycles. The van der Waals surface area contributed by atoms with Gasteiger partial charge in [-0.3, -0.25) is 4.79 Å². The fourth-order valence-electron chi connectivity index (χ4n) is 1.95. The van der Waals surface area contributed by atoms with Crippen molar-refractivity contribution in [1.82, 2.24) is 5.32 Å². The summed E-state index contributed by atoms with van der Waals surface area (Å²) in [7, 11) is 0. The summed E-state index contributed by atoms with van der Waals surface area (Å²) < 4.78 is 18.7. The van der Waals surface area contributed by atoms with E-state index >= 15 is 0 Å². The Morgan fingerprint density at radius 1 is 1.27 bits per heavy atom. The Balaban J connectivity index is 2.02. The fraction of sp³-hybridized carbons (Fsp3) is 0.235. The number of hydrogen-bond acceptors (Lipinski definition) is 3. The molecule has 0 aliphatic carbocycles. The number of benzene rings is 2. The van der Waals surface area contributed by atoms with Gasteiger partial charge in [0.25, 0.3) is 5.91 Å². The molecule has 0 saturated carbocycles. The van der Waals surface area contributed by atoms with Gasteiger partial charge < -0.3 is 15.8 Å². The SMILES string of the molecule is CCCNC(=O)c1ccc(OCc2cccc(F)c2)c(N)c1. The van der Waals surface area contributed by atoms with Crippen LogP contribution in [0.1, 0.15) is 29.3 Å². The predicted octanol–water partition coefficient (Wildman–Crippen LogP) is 3.13. The molecule has 0 aromatic heterocycles. The molecular weight excluding hydrogens is 283 g/mol. The summed E-state index contributed by atoms with van der Waals surface area (Å²) >= 11 is 0. The minimum atomic E-state index is -0.308. The van der Waals surface area contributed by atoms with Crippen LogP contribution in [-0.2, 0) is 6.61 Å². The zero-order chi connectivity index (χ0) is 15.9. The highest BCUT2D eigenvalue weighted by atomic mass is 19.1. The second kappa shape index (κ2) is 7.45. The van der Waals surface area contributed by atoms with Gasteiger partial charge in [0.15, 0.2) is 0 Å². The van der Waals surface area contributed by atoms with Crippen molar-refractivity contribution in [3.05, 3.63) is 59.4 Å². The van der Waals surface area contributed by atoms with Gasteiger partial charge in [-0.1, -0.05) is 19.1 Å². The van der Waals surface area contributed by atoms with Gasteiger partial charge in [-0.25, -0.2) is 4.39 Å². The molecule has 2 aromatic carbocycles. The summed E-state index contributed by atoms with van der Waals surface area (Å²) in [6, 6.07) is 11.1. The van der Waals surface area contributed by atoms with E-state index in [-0.39, 0.29) is 18.3 Å². The standard InChI is InChI=1S/C17H19FN2O2/c1-2-8-20-17(21)13-6-7-16(15(19)10-13)22-11-12-4-3-5-14(18)9-12/h3-7,9-10H,2,8,11,19H2,1H3,(H,20,21). The van der Waals surface area contributed by atoms with Gasteiger partial charge in [0.2, 0.25) is 0 Å². The van der Waals surface area contributed by atoms with Crippen LogP contribution in [0.3, 0.4) is 0 Å². The maximum atomic E-state index is 13.1. The van der Waals surface area contributed by atoms with Crippen molar-refractivity contribution < 1.29 is 13.9 Å². The second-order valence-electron chi connectivity index (χ2n) is 4.93. The maximum Gasteiger partial charge on any atom is 0.251 e. The Morgan fingerprint density at radius 3 is 2.77 bits per heavy atom. The van der Waals surface area contributed by atoms with Crippen LogP contribution in [0.2, 0.25) is 0 Å². The number of halogens is 1. The van der Waals surface area contributed by atoms with Gasteiger partial charge in [-0.2, -0.15) is 0 Å². The van der Waals surface area contributed by atoms with Crippen LogP contribution < -0.4 is 15.8 Å². The summed E-state index contributed by atoms with van der Waals surface area (Å²) in [4.78, 5) is 11.8. The monoisotopic (exact) mass is 302 g/mol. The number of hydrogen-bond donors (Lipinski definition) is 2. The molecule has 0 heterocycles. The summed E-state index contributed by atoms with van der Waals surface area (Å²) in [5.41, 5.74) is 7.48. The Morgan fingerprint density at radius 2 is 2.09 bits per heavy atom. The number of carbonyl (C=O) groups excluding carboxylic acids is 1. The van der Waals surface area contributed by atoms with Gasteiger partial charge in [0, 0.05) is 12.1 Å². The van der Waals surface area contributed by atoms with Crippen molar-refractivity contribution in [2.45, 2.75) is 20.0 Å². The van der Waals surface area contributed by atoms with Gasteiger partial charge >= 0.3 is 0 Å². The summed E-state index contributed by atoms with van der Waals surface area (Å²) in [6.07, 6.45) is 0.871. The topological polar surface area (TPSA) is 64.3 Å².